The van der Waals surface area contributed by atoms with E-state index in [1.807, 2.05) is 12.1 Å². The van der Waals surface area contributed by atoms with E-state index in [0.717, 1.165) is 10.2 Å². The number of ether oxygens (including phenoxy) is 1. The minimum atomic E-state index is -0.347. The van der Waals surface area contributed by atoms with Gasteiger partial charge in [0.1, 0.15) is 12.3 Å². The van der Waals surface area contributed by atoms with Crippen LogP contribution in [0.25, 0.3) is 10.2 Å². The number of nitrogens with one attached hydrogen (secondary N) is 2. The molecule has 5 nitrogen and oxygen atoms in total. The Balaban J connectivity index is 0.00000243. The highest BCUT2D eigenvalue weighted by Gasteiger charge is 2.14. The fourth-order valence-corrected chi connectivity index (χ4v) is 4.19. The number of carbonyl (C=O) groups is 1. The summed E-state index contributed by atoms with van der Waals surface area (Å²) < 4.78 is 7.65. The molecule has 138 valence electrons. The van der Waals surface area contributed by atoms with Gasteiger partial charge in [0.2, 0.25) is 5.91 Å². The third-order valence-corrected chi connectivity index (χ3v) is 5.26. The second kappa shape index (κ2) is 8.50. The fourth-order valence-electron chi connectivity index (χ4n) is 2.34. The highest BCUT2D eigenvalue weighted by Crippen LogP contribution is 2.33. The maximum Gasteiger partial charge on any atom is 0.244 e. The van der Waals surface area contributed by atoms with Crippen LogP contribution in [0, 0.1) is 5.41 Å². The zero-order chi connectivity index (χ0) is 18.1. The highest BCUT2D eigenvalue weighted by molar-refractivity contribution is 7.16. The number of benzene rings is 2. The van der Waals surface area contributed by atoms with Crippen molar-refractivity contribution in [1.82, 2.24) is 4.57 Å². The molecule has 0 aliphatic heterocycles. The molecule has 0 radical (unpaired) electrons. The summed E-state index contributed by atoms with van der Waals surface area (Å²) in [5, 5.41) is 11.7. The number of fused-ring (bicyclic) bond motifs is 1. The summed E-state index contributed by atoms with van der Waals surface area (Å²) in [6.45, 7) is -0.0412. The number of amides is 1. The normalized spacial score (nSPS) is 10.5. The molecule has 0 aliphatic rings. The Bertz CT molecular complexity index is 1010. The first-order valence-electron chi connectivity index (χ1n) is 7.05. The number of hydrogen-bond acceptors (Lipinski definition) is 4. The molecule has 2 N–H and O–H groups in total. The summed E-state index contributed by atoms with van der Waals surface area (Å²) in [5.74, 6) is 0.352. The maximum absolute atomic E-state index is 12.4. The van der Waals surface area contributed by atoms with E-state index in [1.165, 1.54) is 23.5 Å². The number of hydrogen-bond donors (Lipinski definition) is 2. The lowest BCUT2D eigenvalue weighted by Crippen LogP contribution is -2.24. The standard InChI is InChI=1S/C16H12Cl3N3O2S.ClH/c1-24-9-2-3-12-13(6-9)25-16(20)22(12)7-14(23)21-15-10(18)4-8(17)5-11(15)19;/h2-6,20H,7H2,1H3,(H,21,23);1H. The zero-order valence-electron chi connectivity index (χ0n) is 13.3. The molecule has 0 saturated heterocycles. The second-order valence-electron chi connectivity index (χ2n) is 5.12. The van der Waals surface area contributed by atoms with Gasteiger partial charge in [0.05, 0.1) is 33.1 Å². The average molecular weight is 453 g/mol. The minimum absolute atomic E-state index is 0. The van der Waals surface area contributed by atoms with Crippen LogP contribution >= 0.6 is 58.5 Å². The van der Waals surface area contributed by atoms with Crippen LogP contribution in [0.5, 0.6) is 5.75 Å². The van der Waals surface area contributed by atoms with E-state index >= 15 is 0 Å². The fraction of sp³-hybridized carbons (Fsp3) is 0.125. The third kappa shape index (κ3) is 4.27. The third-order valence-electron chi connectivity index (χ3n) is 3.48. The van der Waals surface area contributed by atoms with Gasteiger partial charge in [-0.2, -0.15) is 0 Å². The lowest BCUT2D eigenvalue weighted by molar-refractivity contribution is -0.116. The van der Waals surface area contributed by atoms with Gasteiger partial charge in [0, 0.05) is 5.02 Å². The molecule has 1 amide bonds. The predicted octanol–water partition coefficient (Wildman–Crippen LogP) is 5.21. The number of methoxy groups -OCH3 is 1. The van der Waals surface area contributed by atoms with Crippen LogP contribution < -0.4 is 14.9 Å². The first-order chi connectivity index (χ1) is 11.9. The van der Waals surface area contributed by atoms with Crippen LogP contribution in [0.2, 0.25) is 15.1 Å². The summed E-state index contributed by atoms with van der Waals surface area (Å²) in [4.78, 5) is 12.7. The van der Waals surface area contributed by atoms with Gasteiger partial charge in [-0.3, -0.25) is 10.2 Å². The van der Waals surface area contributed by atoms with E-state index in [-0.39, 0.29) is 39.7 Å². The maximum atomic E-state index is 12.4. The van der Waals surface area contributed by atoms with Gasteiger partial charge in [-0.1, -0.05) is 46.1 Å². The Kier molecular flexibility index (Phi) is 6.82. The van der Waals surface area contributed by atoms with Gasteiger partial charge in [-0.05, 0) is 30.3 Å². The summed E-state index contributed by atoms with van der Waals surface area (Å²) in [7, 11) is 1.58. The van der Waals surface area contributed by atoms with E-state index < -0.39 is 0 Å². The molecule has 0 saturated carbocycles. The number of nitrogens with zero attached hydrogens (tertiary/aromatic N) is 1. The van der Waals surface area contributed by atoms with Crippen molar-refractivity contribution in [3.63, 3.8) is 0 Å². The van der Waals surface area contributed by atoms with Crippen LogP contribution in [0.4, 0.5) is 5.69 Å². The monoisotopic (exact) mass is 451 g/mol. The smallest absolute Gasteiger partial charge is 0.244 e. The Hall–Kier alpha value is -1.44. The van der Waals surface area contributed by atoms with Crippen molar-refractivity contribution in [3.05, 3.63) is 50.2 Å². The number of thiazole rings is 1. The Labute approximate surface area is 174 Å². The Morgan fingerprint density at radius 2 is 1.88 bits per heavy atom. The first-order valence-corrected chi connectivity index (χ1v) is 9.00. The van der Waals surface area contributed by atoms with Crippen molar-refractivity contribution in [1.29, 1.82) is 5.41 Å². The van der Waals surface area contributed by atoms with Crippen molar-refractivity contribution >= 4 is 80.4 Å². The zero-order valence-corrected chi connectivity index (χ0v) is 17.2. The molecule has 26 heavy (non-hydrogen) atoms. The largest absolute Gasteiger partial charge is 0.497 e. The molecule has 3 rings (SSSR count). The predicted molar refractivity (Wildman–Crippen MR) is 110 cm³/mol. The lowest BCUT2D eigenvalue weighted by atomic mass is 10.3. The molecular formula is C16H13Cl4N3O2S. The summed E-state index contributed by atoms with van der Waals surface area (Å²) >= 11 is 19.3. The van der Waals surface area contributed by atoms with Gasteiger partial charge in [-0.25, -0.2) is 0 Å². The van der Waals surface area contributed by atoms with E-state index in [4.69, 9.17) is 44.9 Å². The van der Waals surface area contributed by atoms with Crippen LogP contribution in [0.1, 0.15) is 0 Å². The molecule has 10 heteroatoms. The molecule has 2 aromatic carbocycles. The summed E-state index contributed by atoms with van der Waals surface area (Å²) in [6.07, 6.45) is 0. The van der Waals surface area contributed by atoms with E-state index in [1.54, 1.807) is 17.7 Å². The first kappa shape index (κ1) is 20.9. The van der Waals surface area contributed by atoms with Crippen LogP contribution in [0.15, 0.2) is 30.3 Å². The van der Waals surface area contributed by atoms with Gasteiger partial charge >= 0.3 is 0 Å². The molecule has 0 fully saturated rings. The molecule has 0 bridgehead atoms. The molecule has 1 aromatic heterocycles. The number of halogens is 4. The molecule has 3 aromatic rings. The molecule has 1 heterocycles. The van der Waals surface area contributed by atoms with Gasteiger partial charge in [0.25, 0.3) is 0 Å². The van der Waals surface area contributed by atoms with Crippen LogP contribution in [-0.2, 0) is 11.3 Å². The minimum Gasteiger partial charge on any atom is -0.497 e. The number of rotatable bonds is 4. The van der Waals surface area contributed by atoms with E-state index in [0.29, 0.717) is 16.5 Å². The van der Waals surface area contributed by atoms with Crippen molar-refractivity contribution < 1.29 is 9.53 Å². The topological polar surface area (TPSA) is 67.1 Å². The average Bonchev–Trinajstić information content (AvgIpc) is 2.85. The molecule has 0 aliphatic carbocycles. The second-order valence-corrected chi connectivity index (χ2v) is 7.40. The van der Waals surface area contributed by atoms with Crippen LogP contribution in [0.3, 0.4) is 0 Å². The van der Waals surface area contributed by atoms with Gasteiger partial charge in [-0.15, -0.1) is 12.4 Å². The number of anilines is 1. The molecule has 0 atom stereocenters. The van der Waals surface area contributed by atoms with Crippen LogP contribution in [-0.4, -0.2) is 17.6 Å². The van der Waals surface area contributed by atoms with E-state index in [2.05, 4.69) is 5.32 Å². The van der Waals surface area contributed by atoms with Gasteiger partial charge < -0.3 is 14.6 Å². The van der Waals surface area contributed by atoms with Gasteiger partial charge in [0.15, 0.2) is 4.80 Å². The lowest BCUT2D eigenvalue weighted by Gasteiger charge is -2.11. The number of carbonyl (C=O) groups excluding carboxylic acids is 1. The molecule has 0 unspecified atom stereocenters. The highest BCUT2D eigenvalue weighted by atomic mass is 35.5. The van der Waals surface area contributed by atoms with Crippen molar-refractivity contribution in [2.24, 2.45) is 0 Å². The summed E-state index contributed by atoms with van der Waals surface area (Å²) in [6, 6.07) is 8.44. The van der Waals surface area contributed by atoms with E-state index in [9.17, 15) is 4.79 Å². The molecular weight excluding hydrogens is 440 g/mol. The SMILES string of the molecule is COc1ccc2c(c1)sc(=N)n2CC(=O)Nc1c(Cl)cc(Cl)cc1Cl.Cl. The number of aromatic nitrogens is 1. The van der Waals surface area contributed by atoms with Crippen molar-refractivity contribution in [2.45, 2.75) is 6.54 Å². The Morgan fingerprint density at radius 3 is 2.50 bits per heavy atom. The van der Waals surface area contributed by atoms with Crippen molar-refractivity contribution in [3.8, 4) is 5.75 Å². The van der Waals surface area contributed by atoms with Crippen molar-refractivity contribution in [2.75, 3.05) is 12.4 Å². The summed E-state index contributed by atoms with van der Waals surface area (Å²) in [5.41, 5.74) is 1.07. The molecule has 0 spiro atoms. The quantitative estimate of drug-likeness (QED) is 0.570. The Morgan fingerprint density at radius 1 is 1.23 bits per heavy atom.